The lowest BCUT2D eigenvalue weighted by atomic mass is 10.2. The second-order valence-electron chi connectivity index (χ2n) is 3.90. The minimum Gasteiger partial charge on any atom is -0.370 e. The number of rotatable bonds is 3. The summed E-state index contributed by atoms with van der Waals surface area (Å²) in [5, 5.41) is 10.6. The van der Waals surface area contributed by atoms with Crippen LogP contribution in [0.15, 0.2) is 12.1 Å². The Bertz CT molecular complexity index is 327. The lowest BCUT2D eigenvalue weighted by Gasteiger charge is -2.18. The zero-order chi connectivity index (χ0) is 10.8. The summed E-state index contributed by atoms with van der Waals surface area (Å²) < 4.78 is 5.50. The second-order valence-corrected chi connectivity index (χ2v) is 5.04. The molecule has 0 aromatic carbocycles. The van der Waals surface area contributed by atoms with Crippen molar-refractivity contribution in [1.82, 2.24) is 0 Å². The fourth-order valence-corrected chi connectivity index (χ4v) is 1.56. The Morgan fingerprint density at radius 2 is 2.14 bits per heavy atom. The lowest BCUT2D eigenvalue weighted by molar-refractivity contribution is -0.380. The van der Waals surface area contributed by atoms with Gasteiger partial charge in [-0.2, -0.15) is 0 Å². The maximum Gasteiger partial charge on any atom is 0.324 e. The largest absolute Gasteiger partial charge is 0.370 e. The van der Waals surface area contributed by atoms with Crippen LogP contribution < -0.4 is 0 Å². The van der Waals surface area contributed by atoms with Gasteiger partial charge in [-0.1, -0.05) is 11.3 Å². The molecule has 0 saturated heterocycles. The Morgan fingerprint density at radius 3 is 2.57 bits per heavy atom. The van der Waals surface area contributed by atoms with E-state index in [0.29, 0.717) is 6.61 Å². The molecule has 5 heteroatoms. The van der Waals surface area contributed by atoms with Gasteiger partial charge in [0.15, 0.2) is 0 Å². The molecule has 1 heterocycles. The predicted octanol–water partition coefficient (Wildman–Crippen LogP) is 2.97. The van der Waals surface area contributed by atoms with E-state index < -0.39 is 0 Å². The van der Waals surface area contributed by atoms with Crippen molar-refractivity contribution in [2.24, 2.45) is 0 Å². The third kappa shape index (κ3) is 3.43. The highest BCUT2D eigenvalue weighted by molar-refractivity contribution is 7.15. The van der Waals surface area contributed by atoms with Gasteiger partial charge in [-0.25, -0.2) is 0 Å². The first-order valence-electron chi connectivity index (χ1n) is 4.25. The van der Waals surface area contributed by atoms with Crippen molar-refractivity contribution in [3.05, 3.63) is 27.1 Å². The summed E-state index contributed by atoms with van der Waals surface area (Å²) in [5.74, 6) is 0. The van der Waals surface area contributed by atoms with Crippen molar-refractivity contribution < 1.29 is 9.66 Å². The zero-order valence-corrected chi connectivity index (χ0v) is 9.26. The fourth-order valence-electron chi connectivity index (χ4n) is 0.830. The van der Waals surface area contributed by atoms with Crippen molar-refractivity contribution >= 4 is 16.3 Å². The molecule has 0 atom stereocenters. The van der Waals surface area contributed by atoms with E-state index in [1.807, 2.05) is 20.8 Å². The predicted molar refractivity (Wildman–Crippen MR) is 55.5 cm³/mol. The number of ether oxygens (including phenoxy) is 1. The summed E-state index contributed by atoms with van der Waals surface area (Å²) in [6.45, 7) is 6.29. The van der Waals surface area contributed by atoms with Crippen molar-refractivity contribution in [2.45, 2.75) is 33.0 Å². The molecule has 4 nitrogen and oxygen atoms in total. The summed E-state index contributed by atoms with van der Waals surface area (Å²) in [4.78, 5) is 10.9. The van der Waals surface area contributed by atoms with Gasteiger partial charge in [-0.15, -0.1) is 0 Å². The molecule has 1 rings (SSSR count). The first-order chi connectivity index (χ1) is 6.38. The minimum absolute atomic E-state index is 0.164. The first kappa shape index (κ1) is 11.1. The smallest absolute Gasteiger partial charge is 0.324 e. The van der Waals surface area contributed by atoms with E-state index in [1.54, 1.807) is 6.07 Å². The molecule has 0 radical (unpaired) electrons. The highest BCUT2D eigenvalue weighted by atomic mass is 32.1. The van der Waals surface area contributed by atoms with E-state index in [4.69, 9.17) is 4.74 Å². The Labute approximate surface area is 86.7 Å². The Morgan fingerprint density at radius 1 is 1.50 bits per heavy atom. The Balaban J connectivity index is 2.56. The van der Waals surface area contributed by atoms with Gasteiger partial charge in [0, 0.05) is 10.9 Å². The third-order valence-corrected chi connectivity index (χ3v) is 2.49. The lowest BCUT2D eigenvalue weighted by Crippen LogP contribution is -2.18. The van der Waals surface area contributed by atoms with E-state index >= 15 is 0 Å². The van der Waals surface area contributed by atoms with Gasteiger partial charge in [0.25, 0.3) is 0 Å². The Hall–Kier alpha value is -0.940. The first-order valence-corrected chi connectivity index (χ1v) is 5.07. The van der Waals surface area contributed by atoms with Crippen molar-refractivity contribution in [2.75, 3.05) is 0 Å². The zero-order valence-electron chi connectivity index (χ0n) is 8.44. The molecule has 14 heavy (non-hydrogen) atoms. The van der Waals surface area contributed by atoms with Crippen LogP contribution >= 0.6 is 11.3 Å². The molecule has 0 saturated carbocycles. The van der Waals surface area contributed by atoms with Crippen molar-refractivity contribution in [3.8, 4) is 0 Å². The fraction of sp³-hybridized carbons (Fsp3) is 0.556. The van der Waals surface area contributed by atoms with E-state index in [-0.39, 0.29) is 15.5 Å². The molecule has 1 aromatic rings. The van der Waals surface area contributed by atoms with Crippen molar-refractivity contribution in [1.29, 1.82) is 0 Å². The molecule has 0 unspecified atom stereocenters. The van der Waals surface area contributed by atoms with Crippen LogP contribution in [-0.2, 0) is 11.3 Å². The van der Waals surface area contributed by atoms with Crippen LogP contribution in [0.25, 0.3) is 0 Å². The van der Waals surface area contributed by atoms with Gasteiger partial charge in [0.05, 0.1) is 17.1 Å². The van der Waals surface area contributed by atoms with Gasteiger partial charge < -0.3 is 4.74 Å². The van der Waals surface area contributed by atoms with Crippen LogP contribution in [0.2, 0.25) is 0 Å². The highest BCUT2D eigenvalue weighted by Gasteiger charge is 2.13. The van der Waals surface area contributed by atoms with Crippen LogP contribution in [0.1, 0.15) is 25.6 Å². The van der Waals surface area contributed by atoms with Crippen molar-refractivity contribution in [3.63, 3.8) is 0 Å². The maximum atomic E-state index is 10.4. The highest BCUT2D eigenvalue weighted by Crippen LogP contribution is 2.25. The second kappa shape index (κ2) is 4.06. The quantitative estimate of drug-likeness (QED) is 0.575. The average Bonchev–Trinajstić information content (AvgIpc) is 2.47. The van der Waals surface area contributed by atoms with Gasteiger partial charge in [0.1, 0.15) is 0 Å². The monoisotopic (exact) mass is 215 g/mol. The number of thiophene rings is 1. The van der Waals surface area contributed by atoms with Gasteiger partial charge in [0.2, 0.25) is 0 Å². The third-order valence-electron chi connectivity index (χ3n) is 1.47. The molecule has 0 spiro atoms. The molecule has 0 fully saturated rings. The molecule has 78 valence electrons. The number of nitro groups is 1. The molecule has 0 amide bonds. The molecular weight excluding hydrogens is 202 g/mol. The Kier molecular flexibility index (Phi) is 3.23. The number of hydrogen-bond acceptors (Lipinski definition) is 4. The van der Waals surface area contributed by atoms with E-state index in [2.05, 4.69) is 0 Å². The SMILES string of the molecule is CC(C)(C)OCc1ccc([N+](=O)[O-])s1. The summed E-state index contributed by atoms with van der Waals surface area (Å²) in [6.07, 6.45) is 0. The van der Waals surface area contributed by atoms with Gasteiger partial charge in [-0.05, 0) is 26.8 Å². The van der Waals surface area contributed by atoms with E-state index in [9.17, 15) is 10.1 Å². The molecule has 0 aliphatic rings. The summed E-state index contributed by atoms with van der Waals surface area (Å²) in [5.41, 5.74) is -0.210. The topological polar surface area (TPSA) is 52.4 Å². The summed E-state index contributed by atoms with van der Waals surface area (Å²) in [7, 11) is 0. The van der Waals surface area contributed by atoms with Crippen LogP contribution in [0.5, 0.6) is 0 Å². The molecule has 0 bridgehead atoms. The minimum atomic E-state index is -0.384. The molecule has 0 N–H and O–H groups in total. The van der Waals surface area contributed by atoms with E-state index in [0.717, 1.165) is 16.2 Å². The number of hydrogen-bond donors (Lipinski definition) is 0. The summed E-state index contributed by atoms with van der Waals surface area (Å²) in [6, 6.07) is 3.24. The molecular formula is C9H13NO3S. The molecule has 1 aromatic heterocycles. The van der Waals surface area contributed by atoms with E-state index in [1.165, 1.54) is 6.07 Å². The average molecular weight is 215 g/mol. The normalized spacial score (nSPS) is 11.6. The number of nitrogens with zero attached hydrogens (tertiary/aromatic N) is 1. The van der Waals surface area contributed by atoms with Crippen LogP contribution in [-0.4, -0.2) is 10.5 Å². The molecule has 0 aliphatic carbocycles. The maximum absolute atomic E-state index is 10.4. The molecule has 0 aliphatic heterocycles. The summed E-state index contributed by atoms with van der Waals surface area (Å²) >= 11 is 1.16. The van der Waals surface area contributed by atoms with Gasteiger partial charge in [-0.3, -0.25) is 10.1 Å². The van der Waals surface area contributed by atoms with Crippen LogP contribution in [0.4, 0.5) is 5.00 Å². The van der Waals surface area contributed by atoms with Crippen LogP contribution in [0.3, 0.4) is 0 Å². The van der Waals surface area contributed by atoms with Crippen LogP contribution in [0, 0.1) is 10.1 Å². The van der Waals surface area contributed by atoms with Gasteiger partial charge >= 0.3 is 5.00 Å². The standard InChI is InChI=1S/C9H13NO3S/c1-9(2,3)13-6-7-4-5-8(14-7)10(11)12/h4-5H,6H2,1-3H3.